The number of primary amides is 1. The highest BCUT2D eigenvalue weighted by Crippen LogP contribution is 1.99. The van der Waals surface area contributed by atoms with E-state index in [1.54, 1.807) is 0 Å². The molecule has 0 saturated carbocycles. The first-order chi connectivity index (χ1) is 7.07. The zero-order chi connectivity index (χ0) is 11.7. The standard InChI is InChI=1S/C10H21N3O2/c1-8(14)5-7-13-9(10(12)15)4-2-3-6-11/h9,13H,2-7,11H2,1H3,(H2,12,15). The van der Waals surface area contributed by atoms with Crippen LogP contribution in [-0.2, 0) is 9.59 Å². The van der Waals surface area contributed by atoms with Gasteiger partial charge in [-0.15, -0.1) is 0 Å². The lowest BCUT2D eigenvalue weighted by molar-refractivity contribution is -0.121. The predicted molar refractivity (Wildman–Crippen MR) is 59.2 cm³/mol. The van der Waals surface area contributed by atoms with Gasteiger partial charge in [-0.25, -0.2) is 0 Å². The zero-order valence-corrected chi connectivity index (χ0v) is 9.29. The van der Waals surface area contributed by atoms with Crippen molar-refractivity contribution in [1.29, 1.82) is 0 Å². The van der Waals surface area contributed by atoms with Gasteiger partial charge in [0.25, 0.3) is 0 Å². The van der Waals surface area contributed by atoms with E-state index in [9.17, 15) is 9.59 Å². The lowest BCUT2D eigenvalue weighted by Gasteiger charge is -2.14. The maximum atomic E-state index is 11.0. The highest BCUT2D eigenvalue weighted by Gasteiger charge is 2.13. The molecule has 5 nitrogen and oxygen atoms in total. The Balaban J connectivity index is 3.73. The first kappa shape index (κ1) is 14.1. The summed E-state index contributed by atoms with van der Waals surface area (Å²) in [6, 6.07) is -0.337. The second kappa shape index (κ2) is 8.38. The smallest absolute Gasteiger partial charge is 0.234 e. The van der Waals surface area contributed by atoms with Crippen molar-refractivity contribution in [2.75, 3.05) is 13.1 Å². The number of carbonyl (C=O) groups excluding carboxylic acids is 2. The molecule has 0 aliphatic carbocycles. The van der Waals surface area contributed by atoms with Crippen LogP contribution in [0.15, 0.2) is 0 Å². The third-order valence-corrected chi connectivity index (χ3v) is 2.16. The molecule has 0 aromatic rings. The first-order valence-corrected chi connectivity index (χ1v) is 5.30. The van der Waals surface area contributed by atoms with Crippen LogP contribution in [0, 0.1) is 0 Å². The molecule has 0 saturated heterocycles. The fourth-order valence-corrected chi connectivity index (χ4v) is 1.26. The summed E-state index contributed by atoms with van der Waals surface area (Å²) >= 11 is 0. The second-order valence-corrected chi connectivity index (χ2v) is 3.65. The van der Waals surface area contributed by atoms with Crippen molar-refractivity contribution in [2.45, 2.75) is 38.6 Å². The Bertz CT molecular complexity index is 207. The lowest BCUT2D eigenvalue weighted by atomic mass is 10.1. The molecule has 1 amide bonds. The molecule has 0 aliphatic heterocycles. The molecule has 0 aromatic heterocycles. The Kier molecular flexibility index (Phi) is 7.85. The van der Waals surface area contributed by atoms with Crippen molar-refractivity contribution in [3.63, 3.8) is 0 Å². The summed E-state index contributed by atoms with van der Waals surface area (Å²) in [5, 5.41) is 2.97. The summed E-state index contributed by atoms with van der Waals surface area (Å²) in [5.74, 6) is -0.261. The average molecular weight is 215 g/mol. The summed E-state index contributed by atoms with van der Waals surface area (Å²) < 4.78 is 0. The highest BCUT2D eigenvalue weighted by molar-refractivity contribution is 5.80. The molecule has 0 radical (unpaired) electrons. The lowest BCUT2D eigenvalue weighted by Crippen LogP contribution is -2.42. The van der Waals surface area contributed by atoms with Crippen molar-refractivity contribution in [3.05, 3.63) is 0 Å². The summed E-state index contributed by atoms with van der Waals surface area (Å²) in [5.41, 5.74) is 10.6. The zero-order valence-electron chi connectivity index (χ0n) is 9.29. The number of unbranched alkanes of at least 4 members (excludes halogenated alkanes) is 1. The van der Waals surface area contributed by atoms with Crippen molar-refractivity contribution in [3.8, 4) is 0 Å². The fourth-order valence-electron chi connectivity index (χ4n) is 1.26. The second-order valence-electron chi connectivity index (χ2n) is 3.65. The van der Waals surface area contributed by atoms with Gasteiger partial charge >= 0.3 is 0 Å². The number of hydrogen-bond acceptors (Lipinski definition) is 4. The van der Waals surface area contributed by atoms with Crippen LogP contribution in [0.1, 0.15) is 32.6 Å². The Morgan fingerprint density at radius 3 is 2.47 bits per heavy atom. The van der Waals surface area contributed by atoms with E-state index >= 15 is 0 Å². The van der Waals surface area contributed by atoms with Gasteiger partial charge in [0.1, 0.15) is 5.78 Å². The minimum Gasteiger partial charge on any atom is -0.368 e. The molecule has 0 fully saturated rings. The van der Waals surface area contributed by atoms with E-state index in [-0.39, 0.29) is 17.7 Å². The number of nitrogens with two attached hydrogens (primary N) is 2. The molecule has 0 aliphatic rings. The van der Waals surface area contributed by atoms with Crippen molar-refractivity contribution in [1.82, 2.24) is 5.32 Å². The van der Waals surface area contributed by atoms with E-state index in [0.717, 1.165) is 12.8 Å². The van der Waals surface area contributed by atoms with E-state index in [0.29, 0.717) is 25.9 Å². The summed E-state index contributed by atoms with van der Waals surface area (Å²) in [6.45, 7) is 2.65. The Morgan fingerprint density at radius 1 is 1.33 bits per heavy atom. The number of rotatable bonds is 9. The van der Waals surface area contributed by atoms with Gasteiger partial charge < -0.3 is 16.8 Å². The van der Waals surface area contributed by atoms with E-state index in [2.05, 4.69) is 5.32 Å². The molecule has 1 unspecified atom stereocenters. The van der Waals surface area contributed by atoms with Crippen LogP contribution in [0.4, 0.5) is 0 Å². The molecule has 0 rings (SSSR count). The van der Waals surface area contributed by atoms with Crippen molar-refractivity contribution < 1.29 is 9.59 Å². The number of amides is 1. The van der Waals surface area contributed by atoms with Crippen molar-refractivity contribution >= 4 is 11.7 Å². The maximum Gasteiger partial charge on any atom is 0.234 e. The quantitative estimate of drug-likeness (QED) is 0.453. The number of ketones is 1. The molecule has 5 N–H and O–H groups in total. The molecule has 15 heavy (non-hydrogen) atoms. The van der Waals surface area contributed by atoms with Crippen LogP contribution in [0.3, 0.4) is 0 Å². The Morgan fingerprint density at radius 2 is 2.00 bits per heavy atom. The predicted octanol–water partition coefficient (Wildman–Crippen LogP) is -0.462. The molecule has 1 atom stereocenters. The van der Waals surface area contributed by atoms with E-state index < -0.39 is 0 Å². The van der Waals surface area contributed by atoms with Crippen LogP contribution >= 0.6 is 0 Å². The minimum absolute atomic E-state index is 0.104. The maximum absolute atomic E-state index is 11.0. The van der Waals surface area contributed by atoms with E-state index in [4.69, 9.17) is 11.5 Å². The van der Waals surface area contributed by atoms with Gasteiger partial charge in [0.2, 0.25) is 5.91 Å². The molecule has 0 aromatic carbocycles. The molecule has 5 heteroatoms. The Hall–Kier alpha value is -0.940. The fraction of sp³-hybridized carbons (Fsp3) is 0.800. The van der Waals surface area contributed by atoms with Crippen LogP contribution in [0.5, 0.6) is 0 Å². The van der Waals surface area contributed by atoms with Gasteiger partial charge in [-0.2, -0.15) is 0 Å². The van der Waals surface area contributed by atoms with Gasteiger partial charge in [-0.1, -0.05) is 6.42 Å². The SMILES string of the molecule is CC(=O)CCNC(CCCCN)C(N)=O. The summed E-state index contributed by atoms with van der Waals surface area (Å²) in [4.78, 5) is 21.7. The molecular weight excluding hydrogens is 194 g/mol. The topological polar surface area (TPSA) is 98.2 Å². The van der Waals surface area contributed by atoms with Crippen LogP contribution in [0.25, 0.3) is 0 Å². The third-order valence-electron chi connectivity index (χ3n) is 2.16. The van der Waals surface area contributed by atoms with Gasteiger partial charge in [0.05, 0.1) is 6.04 Å². The first-order valence-electron chi connectivity index (χ1n) is 5.30. The minimum atomic E-state index is -0.365. The van der Waals surface area contributed by atoms with Crippen LogP contribution in [0.2, 0.25) is 0 Å². The summed E-state index contributed by atoms with van der Waals surface area (Å²) in [6.07, 6.45) is 2.88. The third kappa shape index (κ3) is 8.08. The molecule has 0 heterocycles. The number of hydrogen-bond donors (Lipinski definition) is 3. The molecule has 0 spiro atoms. The molecule has 0 bridgehead atoms. The average Bonchev–Trinajstić information content (AvgIpc) is 2.15. The number of carbonyl (C=O) groups is 2. The number of nitrogens with one attached hydrogen (secondary N) is 1. The Labute approximate surface area is 90.6 Å². The van der Waals surface area contributed by atoms with Crippen LogP contribution < -0.4 is 16.8 Å². The molecule has 88 valence electrons. The van der Waals surface area contributed by atoms with Crippen molar-refractivity contribution in [2.24, 2.45) is 11.5 Å². The van der Waals surface area contributed by atoms with Gasteiger partial charge in [0, 0.05) is 13.0 Å². The monoisotopic (exact) mass is 215 g/mol. The van der Waals surface area contributed by atoms with Gasteiger partial charge in [-0.05, 0) is 26.3 Å². The van der Waals surface area contributed by atoms with E-state index in [1.165, 1.54) is 6.92 Å². The highest BCUT2D eigenvalue weighted by atomic mass is 16.1. The largest absolute Gasteiger partial charge is 0.368 e. The van der Waals surface area contributed by atoms with E-state index in [1.807, 2.05) is 0 Å². The summed E-state index contributed by atoms with van der Waals surface area (Å²) in [7, 11) is 0. The normalized spacial score (nSPS) is 12.4. The van der Waals surface area contributed by atoms with Crippen LogP contribution in [-0.4, -0.2) is 30.8 Å². The van der Waals surface area contributed by atoms with Gasteiger partial charge in [-0.3, -0.25) is 9.59 Å². The van der Waals surface area contributed by atoms with Gasteiger partial charge in [0.15, 0.2) is 0 Å². The number of Topliss-reactive ketones (excluding diaryl/α,β-unsaturated/α-hetero) is 1. The molecular formula is C10H21N3O2.